The molecule has 180 valence electrons. The summed E-state index contributed by atoms with van der Waals surface area (Å²) in [5.41, 5.74) is 2.21. The van der Waals surface area contributed by atoms with Gasteiger partial charge in [-0.2, -0.15) is 0 Å². The summed E-state index contributed by atoms with van der Waals surface area (Å²) in [6.45, 7) is 12.2. The van der Waals surface area contributed by atoms with Crippen molar-refractivity contribution in [1.29, 1.82) is 0 Å². The molecule has 0 saturated heterocycles. The average Bonchev–Trinajstić information content (AvgIpc) is 2.70. The Balaban J connectivity index is 2.62. The van der Waals surface area contributed by atoms with E-state index in [0.29, 0.717) is 22.7 Å². The van der Waals surface area contributed by atoms with Crippen LogP contribution < -0.4 is 10.1 Å². The molecule has 0 atom stereocenters. The molecule has 1 heterocycles. The highest BCUT2D eigenvalue weighted by Crippen LogP contribution is 2.43. The molecule has 0 amide bonds. The number of allylic oxidation sites excluding steroid dienone is 2. The molecule has 1 aliphatic rings. The fraction of sp³-hybridized carbons (Fsp3) is 0.480. The Kier molecular flexibility index (Phi) is 9.08. The third kappa shape index (κ3) is 6.60. The molecule has 0 bridgehead atoms. The summed E-state index contributed by atoms with van der Waals surface area (Å²) in [4.78, 5) is 38.2. The van der Waals surface area contributed by atoms with Gasteiger partial charge in [0.15, 0.2) is 6.61 Å². The zero-order chi connectivity index (χ0) is 24.7. The van der Waals surface area contributed by atoms with Crippen molar-refractivity contribution in [2.75, 3.05) is 13.2 Å². The van der Waals surface area contributed by atoms with E-state index < -0.39 is 23.8 Å². The number of hydrogen-bond acceptors (Lipinski definition) is 8. The number of para-hydroxylation sites is 1. The molecule has 0 aliphatic carbocycles. The molecular weight excluding hydrogens is 426 g/mol. The van der Waals surface area contributed by atoms with Gasteiger partial charge in [-0.3, -0.25) is 0 Å². The third-order valence-corrected chi connectivity index (χ3v) is 4.77. The number of benzene rings is 1. The van der Waals surface area contributed by atoms with Crippen molar-refractivity contribution in [2.24, 2.45) is 0 Å². The van der Waals surface area contributed by atoms with E-state index in [9.17, 15) is 14.4 Å². The van der Waals surface area contributed by atoms with E-state index in [-0.39, 0.29) is 36.6 Å². The Labute approximate surface area is 194 Å². The van der Waals surface area contributed by atoms with Crippen LogP contribution in [0.1, 0.15) is 59.9 Å². The molecule has 0 aromatic heterocycles. The fourth-order valence-electron chi connectivity index (χ4n) is 3.59. The maximum absolute atomic E-state index is 13.2. The average molecular weight is 460 g/mol. The van der Waals surface area contributed by atoms with Crippen LogP contribution >= 0.6 is 0 Å². The first-order chi connectivity index (χ1) is 15.6. The molecular formula is C25H33NO7. The fourth-order valence-corrected chi connectivity index (χ4v) is 3.59. The molecule has 33 heavy (non-hydrogen) atoms. The van der Waals surface area contributed by atoms with Crippen LogP contribution in [0, 0.1) is 0 Å². The number of esters is 3. The topological polar surface area (TPSA) is 100 Å². The minimum atomic E-state index is -0.817. The van der Waals surface area contributed by atoms with Crippen LogP contribution in [0.3, 0.4) is 0 Å². The normalized spacial score (nSPS) is 14.3. The summed E-state index contributed by atoms with van der Waals surface area (Å²) >= 11 is 0. The molecule has 8 nitrogen and oxygen atoms in total. The van der Waals surface area contributed by atoms with E-state index >= 15 is 0 Å². The summed E-state index contributed by atoms with van der Waals surface area (Å²) in [5.74, 6) is -2.09. The lowest BCUT2D eigenvalue weighted by atomic mass is 9.80. The lowest BCUT2D eigenvalue weighted by molar-refractivity contribution is -0.146. The van der Waals surface area contributed by atoms with Crippen LogP contribution in [0.2, 0.25) is 0 Å². The van der Waals surface area contributed by atoms with Crippen LogP contribution in [-0.4, -0.2) is 43.3 Å². The molecule has 2 rings (SSSR count). The van der Waals surface area contributed by atoms with E-state index in [1.807, 2.05) is 0 Å². The van der Waals surface area contributed by atoms with Gasteiger partial charge in [-0.15, -0.1) is 0 Å². The van der Waals surface area contributed by atoms with Crippen molar-refractivity contribution in [3.05, 3.63) is 52.4 Å². The second-order valence-corrected chi connectivity index (χ2v) is 8.18. The largest absolute Gasteiger partial charge is 0.482 e. The first-order valence-corrected chi connectivity index (χ1v) is 11.0. The minimum absolute atomic E-state index is 0.235. The molecule has 0 unspecified atom stereocenters. The van der Waals surface area contributed by atoms with Gasteiger partial charge in [0.25, 0.3) is 0 Å². The number of rotatable bonds is 9. The van der Waals surface area contributed by atoms with Gasteiger partial charge in [-0.1, -0.05) is 18.2 Å². The minimum Gasteiger partial charge on any atom is -0.482 e. The Morgan fingerprint density at radius 2 is 1.42 bits per heavy atom. The van der Waals surface area contributed by atoms with E-state index in [4.69, 9.17) is 18.9 Å². The van der Waals surface area contributed by atoms with E-state index in [0.717, 1.165) is 0 Å². The molecule has 1 N–H and O–H groups in total. The summed E-state index contributed by atoms with van der Waals surface area (Å²) in [7, 11) is 0. The maximum Gasteiger partial charge on any atom is 0.344 e. The second kappa shape index (κ2) is 11.5. The smallest absolute Gasteiger partial charge is 0.344 e. The van der Waals surface area contributed by atoms with Gasteiger partial charge in [0.1, 0.15) is 5.75 Å². The number of ether oxygens (including phenoxy) is 4. The van der Waals surface area contributed by atoms with Crippen LogP contribution in [-0.2, 0) is 28.6 Å². The van der Waals surface area contributed by atoms with Gasteiger partial charge in [0, 0.05) is 17.0 Å². The monoisotopic (exact) mass is 459 g/mol. The zero-order valence-corrected chi connectivity index (χ0v) is 20.3. The molecule has 0 spiro atoms. The lowest BCUT2D eigenvalue weighted by Crippen LogP contribution is -2.34. The van der Waals surface area contributed by atoms with Crippen molar-refractivity contribution in [1.82, 2.24) is 5.32 Å². The Bertz CT molecular complexity index is 915. The highest BCUT2D eigenvalue weighted by Gasteiger charge is 2.39. The summed E-state index contributed by atoms with van der Waals surface area (Å²) in [6.07, 6.45) is -0.710. The number of dihydropyridines is 1. The van der Waals surface area contributed by atoms with Gasteiger partial charge < -0.3 is 24.3 Å². The van der Waals surface area contributed by atoms with Crippen LogP contribution in [0.15, 0.2) is 46.8 Å². The van der Waals surface area contributed by atoms with Crippen molar-refractivity contribution in [3.63, 3.8) is 0 Å². The predicted octanol–water partition coefficient (Wildman–Crippen LogP) is 3.77. The first kappa shape index (κ1) is 26.0. The third-order valence-electron chi connectivity index (χ3n) is 4.77. The first-order valence-electron chi connectivity index (χ1n) is 11.0. The van der Waals surface area contributed by atoms with E-state index in [1.54, 1.807) is 72.7 Å². The van der Waals surface area contributed by atoms with Crippen molar-refractivity contribution < 1.29 is 33.3 Å². The summed E-state index contributed by atoms with van der Waals surface area (Å²) in [6, 6.07) is 6.95. The lowest BCUT2D eigenvalue weighted by Gasteiger charge is -2.32. The van der Waals surface area contributed by atoms with Gasteiger partial charge in [-0.05, 0) is 54.5 Å². The maximum atomic E-state index is 13.2. The molecule has 1 aliphatic heterocycles. The van der Waals surface area contributed by atoms with Crippen molar-refractivity contribution in [2.45, 2.75) is 66.6 Å². The van der Waals surface area contributed by atoms with Crippen molar-refractivity contribution >= 4 is 17.9 Å². The quantitative estimate of drug-likeness (QED) is 0.440. The molecule has 1 aromatic rings. The summed E-state index contributed by atoms with van der Waals surface area (Å²) in [5, 5.41) is 3.12. The van der Waals surface area contributed by atoms with Crippen LogP contribution in [0.5, 0.6) is 5.75 Å². The van der Waals surface area contributed by atoms with E-state index in [1.165, 1.54) is 0 Å². The molecule has 8 heteroatoms. The summed E-state index contributed by atoms with van der Waals surface area (Å²) < 4.78 is 21.7. The van der Waals surface area contributed by atoms with Crippen molar-refractivity contribution in [3.8, 4) is 5.75 Å². The number of carbonyl (C=O) groups excluding carboxylic acids is 3. The standard InChI is InChI=1S/C25H33NO7/c1-8-30-20(27)13-31-19-12-10-9-11-18(19)23-21(24(28)32-14(2)3)16(6)26-17(7)22(23)25(29)33-15(4)5/h9-12,14-15,23,26H,8,13H2,1-7H3. The zero-order valence-electron chi connectivity index (χ0n) is 20.3. The molecule has 1 aromatic carbocycles. The second-order valence-electron chi connectivity index (χ2n) is 8.18. The highest BCUT2D eigenvalue weighted by atomic mass is 16.6. The Hall–Kier alpha value is -3.29. The number of nitrogens with one attached hydrogen (secondary N) is 1. The predicted molar refractivity (Wildman–Crippen MR) is 122 cm³/mol. The number of hydrogen-bond donors (Lipinski definition) is 1. The van der Waals surface area contributed by atoms with Gasteiger partial charge in [0.05, 0.1) is 35.9 Å². The Morgan fingerprint density at radius 3 is 1.91 bits per heavy atom. The molecule has 0 saturated carbocycles. The highest BCUT2D eigenvalue weighted by molar-refractivity contribution is 6.00. The van der Waals surface area contributed by atoms with Gasteiger partial charge >= 0.3 is 17.9 Å². The Morgan fingerprint density at radius 1 is 0.909 bits per heavy atom. The van der Waals surface area contributed by atoms with Gasteiger partial charge in [0.2, 0.25) is 0 Å². The van der Waals surface area contributed by atoms with Crippen LogP contribution in [0.4, 0.5) is 0 Å². The van der Waals surface area contributed by atoms with Gasteiger partial charge in [-0.25, -0.2) is 14.4 Å². The SMILES string of the molecule is CCOC(=O)COc1ccccc1C1C(C(=O)OC(C)C)=C(C)NC(C)=C1C(=O)OC(C)C. The molecule has 0 radical (unpaired) electrons. The number of carbonyl (C=O) groups is 3. The van der Waals surface area contributed by atoms with E-state index in [2.05, 4.69) is 5.32 Å². The molecule has 0 fully saturated rings. The van der Waals surface area contributed by atoms with Crippen LogP contribution in [0.25, 0.3) is 0 Å².